The number of piperidine rings is 1. The Morgan fingerprint density at radius 1 is 0.867 bits per heavy atom. The number of hydrogen-bond donors (Lipinski definition) is 1. The van der Waals surface area contributed by atoms with Gasteiger partial charge in [-0.05, 0) is 37.0 Å². The number of nitrogens with zero attached hydrogens (tertiary/aromatic N) is 3. The first kappa shape index (κ1) is 19.9. The Balaban J connectivity index is 1.49. The van der Waals surface area contributed by atoms with Crippen LogP contribution in [0.2, 0.25) is 0 Å². The number of carbonyl (C=O) groups excluding carboxylic acids is 3. The third-order valence-electron chi connectivity index (χ3n) is 5.59. The first-order valence-electron chi connectivity index (χ1n) is 10.4. The van der Waals surface area contributed by atoms with Crippen molar-refractivity contribution < 1.29 is 14.4 Å². The molecule has 0 saturated carbocycles. The second-order valence-electron chi connectivity index (χ2n) is 7.64. The lowest BCUT2D eigenvalue weighted by Gasteiger charge is -2.37. The number of likely N-dealkylation sites (tertiary alicyclic amines) is 1. The molecule has 30 heavy (non-hydrogen) atoms. The highest BCUT2D eigenvalue weighted by molar-refractivity contribution is 6.12. The number of anilines is 2. The number of rotatable bonds is 4. The molecule has 1 saturated heterocycles. The summed E-state index contributed by atoms with van der Waals surface area (Å²) in [5, 5.41) is 2.88. The lowest BCUT2D eigenvalue weighted by atomic mass is 10.1. The minimum atomic E-state index is -0.332. The third kappa shape index (κ3) is 4.30. The largest absolute Gasteiger partial charge is 0.341 e. The summed E-state index contributed by atoms with van der Waals surface area (Å²) >= 11 is 0. The topological polar surface area (TPSA) is 73.0 Å². The lowest BCUT2D eigenvalue weighted by molar-refractivity contribution is -0.132. The molecule has 2 aromatic carbocycles. The van der Waals surface area contributed by atoms with Gasteiger partial charge in [0, 0.05) is 19.6 Å². The van der Waals surface area contributed by atoms with Crippen molar-refractivity contribution in [2.24, 2.45) is 0 Å². The molecule has 4 rings (SSSR count). The van der Waals surface area contributed by atoms with E-state index in [0.29, 0.717) is 17.9 Å². The monoisotopic (exact) mass is 406 g/mol. The van der Waals surface area contributed by atoms with E-state index in [4.69, 9.17) is 0 Å². The van der Waals surface area contributed by atoms with Gasteiger partial charge in [0.1, 0.15) is 13.1 Å². The Morgan fingerprint density at radius 2 is 1.53 bits per heavy atom. The van der Waals surface area contributed by atoms with E-state index >= 15 is 0 Å². The summed E-state index contributed by atoms with van der Waals surface area (Å²) in [7, 11) is 0. The molecule has 1 N–H and O–H groups in total. The van der Waals surface area contributed by atoms with E-state index in [-0.39, 0.29) is 30.9 Å². The SMILES string of the molecule is O=C(CN1C(=O)CN(C(=O)NCc2ccccc2)c2ccccc21)N1CCCCC1. The average molecular weight is 406 g/mol. The summed E-state index contributed by atoms with van der Waals surface area (Å²) in [4.78, 5) is 43.2. The first-order chi connectivity index (χ1) is 14.6. The number of urea groups is 1. The predicted molar refractivity (Wildman–Crippen MR) is 115 cm³/mol. The van der Waals surface area contributed by atoms with E-state index in [0.717, 1.165) is 37.9 Å². The van der Waals surface area contributed by atoms with Crippen LogP contribution in [-0.2, 0) is 16.1 Å². The van der Waals surface area contributed by atoms with Gasteiger partial charge in [0.2, 0.25) is 11.8 Å². The van der Waals surface area contributed by atoms with Crippen molar-refractivity contribution >= 4 is 29.2 Å². The minimum Gasteiger partial charge on any atom is -0.341 e. The number of hydrogen-bond acceptors (Lipinski definition) is 3. The minimum absolute atomic E-state index is 0.00925. The molecule has 7 nitrogen and oxygen atoms in total. The fourth-order valence-corrected chi connectivity index (χ4v) is 3.96. The molecule has 2 aliphatic heterocycles. The van der Waals surface area contributed by atoms with Gasteiger partial charge in [-0.25, -0.2) is 4.79 Å². The Bertz CT molecular complexity index is 925. The fraction of sp³-hybridized carbons (Fsp3) is 0.348. The summed E-state index contributed by atoms with van der Waals surface area (Å²) in [6.07, 6.45) is 3.15. The molecule has 7 heteroatoms. The Morgan fingerprint density at radius 3 is 2.27 bits per heavy atom. The van der Waals surface area contributed by atoms with Crippen LogP contribution in [-0.4, -0.2) is 48.9 Å². The first-order valence-corrected chi connectivity index (χ1v) is 10.4. The molecule has 2 aliphatic rings. The van der Waals surface area contributed by atoms with Gasteiger partial charge >= 0.3 is 6.03 Å². The Labute approximate surface area is 176 Å². The zero-order chi connectivity index (χ0) is 20.9. The van der Waals surface area contributed by atoms with Crippen molar-refractivity contribution in [2.45, 2.75) is 25.8 Å². The van der Waals surface area contributed by atoms with Crippen molar-refractivity contribution in [3.8, 4) is 0 Å². The van der Waals surface area contributed by atoms with Gasteiger partial charge in [-0.15, -0.1) is 0 Å². The average Bonchev–Trinajstić information content (AvgIpc) is 2.80. The summed E-state index contributed by atoms with van der Waals surface area (Å²) in [6, 6.07) is 16.5. The fourth-order valence-electron chi connectivity index (χ4n) is 3.96. The maximum absolute atomic E-state index is 12.9. The van der Waals surface area contributed by atoms with Crippen LogP contribution in [0.25, 0.3) is 0 Å². The van der Waals surface area contributed by atoms with Crippen molar-refractivity contribution in [1.29, 1.82) is 0 Å². The molecule has 156 valence electrons. The number of amides is 4. The molecule has 0 unspecified atom stereocenters. The summed E-state index contributed by atoms with van der Waals surface area (Å²) in [5.41, 5.74) is 2.21. The van der Waals surface area contributed by atoms with Crippen LogP contribution in [0.3, 0.4) is 0 Å². The molecule has 0 spiro atoms. The van der Waals surface area contributed by atoms with Crippen LogP contribution in [0.1, 0.15) is 24.8 Å². The quantitative estimate of drug-likeness (QED) is 0.849. The third-order valence-corrected chi connectivity index (χ3v) is 5.59. The van der Waals surface area contributed by atoms with Crippen LogP contribution < -0.4 is 15.1 Å². The van der Waals surface area contributed by atoms with Gasteiger partial charge in [-0.3, -0.25) is 19.4 Å². The van der Waals surface area contributed by atoms with Crippen LogP contribution in [0, 0.1) is 0 Å². The van der Waals surface area contributed by atoms with Crippen molar-refractivity contribution in [3.63, 3.8) is 0 Å². The van der Waals surface area contributed by atoms with Gasteiger partial charge in [-0.2, -0.15) is 0 Å². The lowest BCUT2D eigenvalue weighted by Crippen LogP contribution is -2.53. The van der Waals surface area contributed by atoms with E-state index in [1.165, 1.54) is 9.80 Å². The standard InChI is InChI=1S/C23H26N4O3/c28-21(25-13-7-2-8-14-25)16-26-19-11-5-6-12-20(19)27(17-22(26)29)23(30)24-15-18-9-3-1-4-10-18/h1,3-6,9-12H,2,7-8,13-17H2,(H,24,30). The summed E-state index contributed by atoms with van der Waals surface area (Å²) in [6.45, 7) is 1.79. The van der Waals surface area contributed by atoms with E-state index in [1.54, 1.807) is 6.07 Å². The second-order valence-corrected chi connectivity index (χ2v) is 7.64. The number of fused-ring (bicyclic) bond motifs is 1. The highest BCUT2D eigenvalue weighted by Gasteiger charge is 2.34. The maximum atomic E-state index is 12.9. The van der Waals surface area contributed by atoms with E-state index < -0.39 is 0 Å². The normalized spacial score (nSPS) is 16.3. The number of carbonyl (C=O) groups is 3. The molecule has 0 radical (unpaired) electrons. The number of nitrogens with one attached hydrogen (secondary N) is 1. The van der Waals surface area contributed by atoms with Crippen LogP contribution in [0.4, 0.5) is 16.2 Å². The van der Waals surface area contributed by atoms with Gasteiger partial charge in [-0.1, -0.05) is 42.5 Å². The van der Waals surface area contributed by atoms with Crippen molar-refractivity contribution in [3.05, 3.63) is 60.2 Å². The molecular weight excluding hydrogens is 380 g/mol. The molecule has 2 aromatic rings. The molecule has 0 bridgehead atoms. The molecular formula is C23H26N4O3. The molecule has 0 atom stereocenters. The summed E-state index contributed by atoms with van der Waals surface area (Å²) in [5.74, 6) is -0.297. The van der Waals surface area contributed by atoms with Crippen LogP contribution in [0.15, 0.2) is 54.6 Å². The molecule has 0 aliphatic carbocycles. The van der Waals surface area contributed by atoms with Crippen LogP contribution >= 0.6 is 0 Å². The Hall–Kier alpha value is -3.35. The van der Waals surface area contributed by atoms with E-state index in [9.17, 15) is 14.4 Å². The van der Waals surface area contributed by atoms with Crippen molar-refractivity contribution in [2.75, 3.05) is 36.0 Å². The van der Waals surface area contributed by atoms with Gasteiger partial charge in [0.15, 0.2) is 0 Å². The number of benzene rings is 2. The van der Waals surface area contributed by atoms with Gasteiger partial charge < -0.3 is 10.2 Å². The van der Waals surface area contributed by atoms with Crippen molar-refractivity contribution in [1.82, 2.24) is 10.2 Å². The molecule has 4 amide bonds. The molecule has 0 aromatic heterocycles. The summed E-state index contributed by atoms with van der Waals surface area (Å²) < 4.78 is 0. The van der Waals surface area contributed by atoms with Crippen LogP contribution in [0.5, 0.6) is 0 Å². The highest BCUT2D eigenvalue weighted by Crippen LogP contribution is 2.33. The second kappa shape index (κ2) is 8.98. The van der Waals surface area contributed by atoms with Gasteiger partial charge in [0.05, 0.1) is 11.4 Å². The zero-order valence-electron chi connectivity index (χ0n) is 16.9. The number of para-hydroxylation sites is 2. The zero-order valence-corrected chi connectivity index (χ0v) is 16.9. The van der Waals surface area contributed by atoms with E-state index in [1.807, 2.05) is 53.4 Å². The Kier molecular flexibility index (Phi) is 5.97. The molecule has 2 heterocycles. The highest BCUT2D eigenvalue weighted by atomic mass is 16.2. The van der Waals surface area contributed by atoms with E-state index in [2.05, 4.69) is 5.32 Å². The van der Waals surface area contributed by atoms with Gasteiger partial charge in [0.25, 0.3) is 0 Å². The predicted octanol–water partition coefficient (Wildman–Crippen LogP) is 2.76. The molecule has 1 fully saturated rings. The maximum Gasteiger partial charge on any atom is 0.322 e. The smallest absolute Gasteiger partial charge is 0.322 e.